The Kier molecular flexibility index (Phi) is 2.44. The van der Waals surface area contributed by atoms with Crippen molar-refractivity contribution in [2.45, 2.75) is 66.2 Å². The predicted molar refractivity (Wildman–Crippen MR) is 62.2 cm³/mol. The fourth-order valence-corrected chi connectivity index (χ4v) is 4.31. The average Bonchev–Trinajstić information content (AvgIpc) is 1.99. The van der Waals surface area contributed by atoms with Gasteiger partial charge in [0.25, 0.3) is 0 Å². The van der Waals surface area contributed by atoms with E-state index in [4.69, 9.17) is 0 Å². The molecule has 2 fully saturated rings. The quantitative estimate of drug-likeness (QED) is 0.570. The molecule has 0 amide bonds. The van der Waals surface area contributed by atoms with Crippen LogP contribution in [0.2, 0.25) is 0 Å². The van der Waals surface area contributed by atoms with Crippen LogP contribution in [-0.2, 0) is 0 Å². The Labute approximate surface area is 89.5 Å². The van der Waals surface area contributed by atoms with Gasteiger partial charge in [-0.3, -0.25) is 0 Å². The molecule has 2 bridgehead atoms. The van der Waals surface area contributed by atoms with E-state index in [9.17, 15) is 0 Å². The minimum atomic E-state index is 0.695. The van der Waals surface area contributed by atoms with Gasteiger partial charge in [0.05, 0.1) is 0 Å². The first-order valence-electron chi connectivity index (χ1n) is 6.43. The summed E-state index contributed by atoms with van der Waals surface area (Å²) in [6, 6.07) is 0. The SMILES string of the molecule is CC(C)C1C[C@]2(C)CCC[C@](C)(C1)C2. The molecule has 2 rings (SSSR count). The number of rotatable bonds is 1. The topological polar surface area (TPSA) is 0 Å². The van der Waals surface area contributed by atoms with Crippen LogP contribution < -0.4 is 0 Å². The van der Waals surface area contributed by atoms with Crippen molar-refractivity contribution in [3.63, 3.8) is 0 Å². The second kappa shape index (κ2) is 3.25. The molecule has 0 aromatic rings. The average molecular weight is 194 g/mol. The van der Waals surface area contributed by atoms with Gasteiger partial charge < -0.3 is 0 Å². The summed E-state index contributed by atoms with van der Waals surface area (Å²) >= 11 is 0. The van der Waals surface area contributed by atoms with E-state index < -0.39 is 0 Å². The van der Waals surface area contributed by atoms with E-state index in [1.54, 1.807) is 0 Å². The summed E-state index contributed by atoms with van der Waals surface area (Å²) < 4.78 is 0. The molecule has 0 heteroatoms. The lowest BCUT2D eigenvalue weighted by Crippen LogP contribution is -2.42. The molecule has 0 spiro atoms. The molecule has 82 valence electrons. The van der Waals surface area contributed by atoms with Crippen LogP contribution in [0.4, 0.5) is 0 Å². The third-order valence-corrected chi connectivity index (χ3v) is 4.87. The van der Waals surface area contributed by atoms with Crippen LogP contribution in [0.25, 0.3) is 0 Å². The van der Waals surface area contributed by atoms with Crippen molar-refractivity contribution in [2.75, 3.05) is 0 Å². The van der Waals surface area contributed by atoms with Gasteiger partial charge in [-0.05, 0) is 54.8 Å². The molecule has 0 radical (unpaired) electrons. The van der Waals surface area contributed by atoms with Crippen LogP contribution in [0, 0.1) is 22.7 Å². The highest BCUT2D eigenvalue weighted by Gasteiger charge is 2.46. The monoisotopic (exact) mass is 194 g/mol. The largest absolute Gasteiger partial charge is 0.0625 e. The molecule has 0 saturated heterocycles. The first kappa shape index (κ1) is 10.5. The third kappa shape index (κ3) is 1.85. The Balaban J connectivity index is 2.16. The van der Waals surface area contributed by atoms with Crippen LogP contribution in [-0.4, -0.2) is 0 Å². The summed E-state index contributed by atoms with van der Waals surface area (Å²) in [5.41, 5.74) is 1.39. The van der Waals surface area contributed by atoms with Gasteiger partial charge in [-0.25, -0.2) is 0 Å². The first-order valence-corrected chi connectivity index (χ1v) is 6.43. The molecule has 14 heavy (non-hydrogen) atoms. The van der Waals surface area contributed by atoms with Gasteiger partial charge in [0, 0.05) is 0 Å². The van der Waals surface area contributed by atoms with Gasteiger partial charge in [0.1, 0.15) is 0 Å². The molecule has 3 atom stereocenters. The molecule has 2 saturated carbocycles. The second-order valence-electron chi connectivity index (χ2n) is 7.06. The summed E-state index contributed by atoms with van der Waals surface area (Å²) in [6.45, 7) is 9.91. The molecule has 2 aliphatic carbocycles. The lowest BCUT2D eigenvalue weighted by molar-refractivity contribution is -0.0209. The maximum absolute atomic E-state index is 2.54. The predicted octanol–water partition coefficient (Wildman–Crippen LogP) is 4.64. The molecule has 1 unspecified atom stereocenters. The minimum Gasteiger partial charge on any atom is -0.0625 e. The molecule has 0 N–H and O–H groups in total. The van der Waals surface area contributed by atoms with Crippen LogP contribution in [0.15, 0.2) is 0 Å². The van der Waals surface area contributed by atoms with Crippen LogP contribution in [0.5, 0.6) is 0 Å². The molecular weight excluding hydrogens is 168 g/mol. The van der Waals surface area contributed by atoms with Gasteiger partial charge in [-0.1, -0.05) is 34.1 Å². The molecule has 0 nitrogen and oxygen atoms in total. The zero-order valence-corrected chi connectivity index (χ0v) is 10.4. The fourth-order valence-electron chi connectivity index (χ4n) is 4.31. The summed E-state index contributed by atoms with van der Waals surface area (Å²) in [4.78, 5) is 0. The second-order valence-corrected chi connectivity index (χ2v) is 7.06. The zero-order chi connectivity index (χ0) is 10.4. The van der Waals surface area contributed by atoms with Crippen molar-refractivity contribution in [2.24, 2.45) is 22.7 Å². The Morgan fingerprint density at radius 2 is 1.50 bits per heavy atom. The molecular formula is C14H26. The Morgan fingerprint density at radius 3 is 1.93 bits per heavy atom. The van der Waals surface area contributed by atoms with E-state index >= 15 is 0 Å². The smallest absolute Gasteiger partial charge is 0.0318 e. The first-order chi connectivity index (χ1) is 6.43. The Bertz CT molecular complexity index is 200. The van der Waals surface area contributed by atoms with E-state index in [0.717, 1.165) is 11.8 Å². The third-order valence-electron chi connectivity index (χ3n) is 4.87. The molecule has 0 aliphatic heterocycles. The summed E-state index contributed by atoms with van der Waals surface area (Å²) in [7, 11) is 0. The van der Waals surface area contributed by atoms with Gasteiger partial charge in [0.2, 0.25) is 0 Å². The maximum Gasteiger partial charge on any atom is -0.0318 e. The number of fused-ring (bicyclic) bond motifs is 2. The van der Waals surface area contributed by atoms with Crippen molar-refractivity contribution < 1.29 is 0 Å². The van der Waals surface area contributed by atoms with E-state index in [0.29, 0.717) is 10.8 Å². The van der Waals surface area contributed by atoms with Gasteiger partial charge in [-0.2, -0.15) is 0 Å². The molecule has 0 aromatic heterocycles. The summed E-state index contributed by atoms with van der Waals surface area (Å²) in [5, 5.41) is 0. The standard InChI is InChI=1S/C14H26/c1-11(2)12-8-13(3)6-5-7-14(4,9-12)10-13/h11-12H,5-10H2,1-4H3/t12?,13-,14+. The van der Waals surface area contributed by atoms with Crippen molar-refractivity contribution in [3.05, 3.63) is 0 Å². The highest BCUT2D eigenvalue weighted by molar-refractivity contribution is 4.97. The van der Waals surface area contributed by atoms with Crippen molar-refractivity contribution in [1.82, 2.24) is 0 Å². The lowest BCUT2D eigenvalue weighted by Gasteiger charge is -2.53. The van der Waals surface area contributed by atoms with Gasteiger partial charge >= 0.3 is 0 Å². The lowest BCUT2D eigenvalue weighted by atomic mass is 9.52. The fraction of sp³-hybridized carbons (Fsp3) is 1.00. The van der Waals surface area contributed by atoms with E-state index in [-0.39, 0.29) is 0 Å². The van der Waals surface area contributed by atoms with Crippen LogP contribution in [0.3, 0.4) is 0 Å². The highest BCUT2D eigenvalue weighted by Crippen LogP contribution is 2.58. The van der Waals surface area contributed by atoms with E-state index in [1.807, 2.05) is 0 Å². The number of hydrogen-bond donors (Lipinski definition) is 0. The zero-order valence-electron chi connectivity index (χ0n) is 10.4. The normalized spacial score (nSPS) is 48.2. The minimum absolute atomic E-state index is 0.695. The van der Waals surface area contributed by atoms with Crippen LogP contribution >= 0.6 is 0 Å². The van der Waals surface area contributed by atoms with Gasteiger partial charge in [0.15, 0.2) is 0 Å². The maximum atomic E-state index is 2.54. The van der Waals surface area contributed by atoms with Crippen molar-refractivity contribution >= 4 is 0 Å². The Morgan fingerprint density at radius 1 is 1.00 bits per heavy atom. The molecule has 2 aliphatic rings. The van der Waals surface area contributed by atoms with Crippen molar-refractivity contribution in [1.29, 1.82) is 0 Å². The summed E-state index contributed by atoms with van der Waals surface area (Å²) in [5.74, 6) is 1.89. The summed E-state index contributed by atoms with van der Waals surface area (Å²) in [6.07, 6.45) is 8.97. The molecule has 0 heterocycles. The van der Waals surface area contributed by atoms with E-state index in [1.165, 1.54) is 38.5 Å². The Hall–Kier alpha value is 0. The highest BCUT2D eigenvalue weighted by atomic mass is 14.5. The van der Waals surface area contributed by atoms with Gasteiger partial charge in [-0.15, -0.1) is 0 Å². The number of hydrogen-bond acceptors (Lipinski definition) is 0. The van der Waals surface area contributed by atoms with E-state index in [2.05, 4.69) is 27.7 Å². The van der Waals surface area contributed by atoms with Crippen molar-refractivity contribution in [3.8, 4) is 0 Å². The molecule has 0 aromatic carbocycles. The van der Waals surface area contributed by atoms with Crippen LogP contribution in [0.1, 0.15) is 66.2 Å².